The Morgan fingerprint density at radius 1 is 1.00 bits per heavy atom. The number of carbonyl (C=O) groups is 3. The Bertz CT molecular complexity index is 899. The lowest BCUT2D eigenvalue weighted by atomic mass is 10.1. The van der Waals surface area contributed by atoms with E-state index in [-0.39, 0.29) is 5.78 Å². The van der Waals surface area contributed by atoms with Gasteiger partial charge in [-0.1, -0.05) is 12.1 Å². The van der Waals surface area contributed by atoms with Crippen LogP contribution in [0, 0.1) is 0 Å². The molecule has 1 saturated heterocycles. The summed E-state index contributed by atoms with van der Waals surface area (Å²) < 4.78 is 0. The van der Waals surface area contributed by atoms with E-state index in [1.54, 1.807) is 24.0 Å². The Morgan fingerprint density at radius 3 is 2.33 bits per heavy atom. The summed E-state index contributed by atoms with van der Waals surface area (Å²) in [6, 6.07) is 14.9. The maximum Gasteiger partial charge on any atom is 0.303 e. The van der Waals surface area contributed by atoms with Gasteiger partial charge in [0.25, 0.3) is 5.78 Å². The standard InChI is InChI=1S/C21H21N3O3/c1-15(25)16-6-8-17(9-7-16)23-12-10-22(11-13-23)14-24-19-5-3-2-4-18(19)20(26)21(24)27/h2-9H,10-14H2,1H3/p+1. The highest BCUT2D eigenvalue weighted by Gasteiger charge is 2.38. The first-order chi connectivity index (χ1) is 13.0. The third kappa shape index (κ3) is 3.24. The molecule has 2 heterocycles. The zero-order valence-electron chi connectivity index (χ0n) is 15.3. The zero-order valence-corrected chi connectivity index (χ0v) is 15.3. The number of para-hydroxylation sites is 1. The van der Waals surface area contributed by atoms with Crippen LogP contribution in [-0.2, 0) is 4.79 Å². The predicted molar refractivity (Wildman–Crippen MR) is 102 cm³/mol. The molecule has 27 heavy (non-hydrogen) atoms. The minimum atomic E-state index is -0.425. The Kier molecular flexibility index (Phi) is 4.49. The second kappa shape index (κ2) is 6.96. The predicted octanol–water partition coefficient (Wildman–Crippen LogP) is 0.781. The average Bonchev–Trinajstić information content (AvgIpc) is 2.94. The van der Waals surface area contributed by atoms with E-state index in [9.17, 15) is 14.4 Å². The number of hydrogen-bond donors (Lipinski definition) is 1. The van der Waals surface area contributed by atoms with Crippen LogP contribution in [-0.4, -0.2) is 50.3 Å². The van der Waals surface area contributed by atoms with Crippen molar-refractivity contribution < 1.29 is 19.3 Å². The Balaban J connectivity index is 1.39. The molecule has 0 unspecified atom stereocenters. The Morgan fingerprint density at radius 2 is 1.67 bits per heavy atom. The molecule has 0 radical (unpaired) electrons. The van der Waals surface area contributed by atoms with Crippen molar-refractivity contribution in [3.8, 4) is 0 Å². The van der Waals surface area contributed by atoms with Crippen molar-refractivity contribution >= 4 is 28.8 Å². The molecule has 6 nitrogen and oxygen atoms in total. The van der Waals surface area contributed by atoms with Crippen molar-refractivity contribution in [2.75, 3.05) is 42.6 Å². The number of Topliss-reactive ketones (excluding diaryl/α,β-unsaturated/α-hetero) is 2. The van der Waals surface area contributed by atoms with E-state index in [0.29, 0.717) is 12.2 Å². The number of amides is 1. The molecule has 0 aliphatic carbocycles. The van der Waals surface area contributed by atoms with Crippen molar-refractivity contribution in [2.45, 2.75) is 6.92 Å². The molecule has 1 amide bonds. The van der Waals surface area contributed by atoms with E-state index < -0.39 is 11.7 Å². The second-order valence-electron chi connectivity index (χ2n) is 7.08. The van der Waals surface area contributed by atoms with Crippen LogP contribution in [0.25, 0.3) is 0 Å². The number of fused-ring (bicyclic) bond motifs is 1. The molecular weight excluding hydrogens is 342 g/mol. The van der Waals surface area contributed by atoms with E-state index >= 15 is 0 Å². The first kappa shape index (κ1) is 17.4. The third-order valence-corrected chi connectivity index (χ3v) is 5.37. The number of anilines is 2. The summed E-state index contributed by atoms with van der Waals surface area (Å²) in [5.74, 6) is -0.763. The molecule has 2 aliphatic rings. The number of piperazine rings is 1. The molecule has 0 aromatic heterocycles. The van der Waals surface area contributed by atoms with Gasteiger partial charge in [0, 0.05) is 11.3 Å². The maximum atomic E-state index is 12.3. The van der Waals surface area contributed by atoms with Gasteiger partial charge in [0.1, 0.15) is 0 Å². The number of nitrogens with zero attached hydrogens (tertiary/aromatic N) is 2. The van der Waals surface area contributed by atoms with Gasteiger partial charge in [0.15, 0.2) is 12.5 Å². The summed E-state index contributed by atoms with van der Waals surface area (Å²) in [5.41, 5.74) is 3.06. The fraction of sp³-hybridized carbons (Fsp3) is 0.286. The van der Waals surface area contributed by atoms with Crippen LogP contribution in [0.5, 0.6) is 0 Å². The van der Waals surface area contributed by atoms with Gasteiger partial charge in [-0.3, -0.25) is 19.3 Å². The van der Waals surface area contributed by atoms with Gasteiger partial charge < -0.3 is 9.80 Å². The summed E-state index contributed by atoms with van der Waals surface area (Å²) in [4.78, 5) is 41.1. The topological polar surface area (TPSA) is 62.1 Å². The van der Waals surface area contributed by atoms with Crippen LogP contribution in [0.15, 0.2) is 48.5 Å². The number of rotatable bonds is 4. The monoisotopic (exact) mass is 364 g/mol. The lowest BCUT2D eigenvalue weighted by Crippen LogP contribution is -3.16. The molecule has 4 rings (SSSR count). The van der Waals surface area contributed by atoms with Gasteiger partial charge in [0.05, 0.1) is 37.4 Å². The number of benzene rings is 2. The van der Waals surface area contributed by atoms with Crippen LogP contribution in [0.2, 0.25) is 0 Å². The highest BCUT2D eigenvalue weighted by Crippen LogP contribution is 2.27. The first-order valence-electron chi connectivity index (χ1n) is 9.19. The molecule has 1 N–H and O–H groups in total. The SMILES string of the molecule is CC(=O)c1ccc(N2CC[NH+](CN3C(=O)C(=O)c4ccccc43)CC2)cc1. The summed E-state index contributed by atoms with van der Waals surface area (Å²) in [7, 11) is 0. The molecule has 2 aliphatic heterocycles. The molecule has 2 aromatic carbocycles. The van der Waals surface area contributed by atoms with Crippen molar-refractivity contribution in [1.29, 1.82) is 0 Å². The van der Waals surface area contributed by atoms with Gasteiger partial charge >= 0.3 is 5.91 Å². The molecule has 6 heteroatoms. The third-order valence-electron chi connectivity index (χ3n) is 5.37. The summed E-state index contributed by atoms with van der Waals surface area (Å²) >= 11 is 0. The molecule has 0 spiro atoms. The normalized spacial score (nSPS) is 17.4. The molecule has 0 saturated carbocycles. The molecule has 138 valence electrons. The summed E-state index contributed by atoms with van der Waals surface area (Å²) in [6.45, 7) is 5.58. The van der Waals surface area contributed by atoms with E-state index in [2.05, 4.69) is 4.90 Å². The van der Waals surface area contributed by atoms with Crippen LogP contribution in [0.3, 0.4) is 0 Å². The summed E-state index contributed by atoms with van der Waals surface area (Å²) in [6.07, 6.45) is 0. The van der Waals surface area contributed by atoms with Crippen LogP contribution in [0.1, 0.15) is 27.6 Å². The smallest absolute Gasteiger partial charge is 0.303 e. The number of hydrogen-bond acceptors (Lipinski definition) is 4. The minimum absolute atomic E-state index is 0.0703. The minimum Gasteiger partial charge on any atom is -0.360 e. The summed E-state index contributed by atoms with van der Waals surface area (Å²) in [5, 5.41) is 0. The fourth-order valence-corrected chi connectivity index (χ4v) is 3.77. The Hall–Kier alpha value is -2.99. The number of carbonyl (C=O) groups excluding carboxylic acids is 3. The average molecular weight is 364 g/mol. The first-order valence-corrected chi connectivity index (χ1v) is 9.19. The lowest BCUT2D eigenvalue weighted by molar-refractivity contribution is -0.899. The largest absolute Gasteiger partial charge is 0.360 e. The second-order valence-corrected chi connectivity index (χ2v) is 7.08. The van der Waals surface area contributed by atoms with Crippen molar-refractivity contribution in [3.63, 3.8) is 0 Å². The van der Waals surface area contributed by atoms with Gasteiger partial charge in [-0.05, 0) is 43.3 Å². The van der Waals surface area contributed by atoms with Crippen molar-refractivity contribution in [3.05, 3.63) is 59.7 Å². The van der Waals surface area contributed by atoms with Gasteiger partial charge in [-0.15, -0.1) is 0 Å². The van der Waals surface area contributed by atoms with Crippen molar-refractivity contribution in [2.24, 2.45) is 0 Å². The van der Waals surface area contributed by atoms with Crippen LogP contribution in [0.4, 0.5) is 11.4 Å². The fourth-order valence-electron chi connectivity index (χ4n) is 3.77. The maximum absolute atomic E-state index is 12.3. The van der Waals surface area contributed by atoms with Crippen LogP contribution >= 0.6 is 0 Å². The highest BCUT2D eigenvalue weighted by atomic mass is 16.2. The number of nitrogens with one attached hydrogen (secondary N) is 1. The van der Waals surface area contributed by atoms with E-state index in [0.717, 1.165) is 43.1 Å². The van der Waals surface area contributed by atoms with E-state index in [4.69, 9.17) is 0 Å². The van der Waals surface area contributed by atoms with Gasteiger partial charge in [-0.25, -0.2) is 0 Å². The van der Waals surface area contributed by atoms with E-state index in [1.807, 2.05) is 36.4 Å². The van der Waals surface area contributed by atoms with Crippen molar-refractivity contribution in [1.82, 2.24) is 0 Å². The number of quaternary nitrogens is 1. The van der Waals surface area contributed by atoms with E-state index in [1.165, 1.54) is 4.90 Å². The molecular formula is C21H22N3O3+. The number of ketones is 2. The highest BCUT2D eigenvalue weighted by molar-refractivity contribution is 6.52. The quantitative estimate of drug-likeness (QED) is 0.643. The lowest BCUT2D eigenvalue weighted by Gasteiger charge is -2.35. The van der Waals surface area contributed by atoms with Crippen LogP contribution < -0.4 is 14.7 Å². The molecule has 1 fully saturated rings. The molecule has 0 atom stereocenters. The zero-order chi connectivity index (χ0) is 19.0. The Labute approximate surface area is 158 Å². The molecule has 2 aromatic rings. The molecule has 0 bridgehead atoms. The van der Waals surface area contributed by atoms with Gasteiger partial charge in [0.2, 0.25) is 0 Å². The van der Waals surface area contributed by atoms with Gasteiger partial charge in [-0.2, -0.15) is 0 Å².